The number of hydrogen-bond acceptors (Lipinski definition) is 3. The maximum atomic E-state index is 12.3. The molecule has 0 aliphatic heterocycles. The molecule has 1 amide bonds. The zero-order chi connectivity index (χ0) is 14.7. The second-order valence-electron chi connectivity index (χ2n) is 4.81. The van der Waals surface area contributed by atoms with Crippen LogP contribution in [0.4, 0.5) is 0 Å². The molecule has 0 atom stereocenters. The second-order valence-corrected chi connectivity index (χ2v) is 4.81. The van der Waals surface area contributed by atoms with E-state index in [2.05, 4.69) is 0 Å². The highest BCUT2D eigenvalue weighted by atomic mass is 16.3. The molecule has 0 aliphatic rings. The van der Waals surface area contributed by atoms with E-state index < -0.39 is 0 Å². The zero-order valence-electron chi connectivity index (χ0n) is 11.5. The van der Waals surface area contributed by atoms with E-state index >= 15 is 0 Å². The highest BCUT2D eigenvalue weighted by Crippen LogP contribution is 2.22. The molecular formula is C16H17NO3. The number of amides is 1. The van der Waals surface area contributed by atoms with Crippen molar-refractivity contribution in [2.24, 2.45) is 0 Å². The topological polar surface area (TPSA) is 60.8 Å². The molecule has 0 bridgehead atoms. The van der Waals surface area contributed by atoms with Crippen molar-refractivity contribution < 1.29 is 15.0 Å². The number of carbonyl (C=O) groups is 1. The van der Waals surface area contributed by atoms with E-state index in [0.29, 0.717) is 5.56 Å². The molecule has 2 aromatic rings. The molecular weight excluding hydrogens is 254 g/mol. The van der Waals surface area contributed by atoms with Gasteiger partial charge in [-0.05, 0) is 25.1 Å². The number of hydrogen-bond donors (Lipinski definition) is 2. The maximum Gasteiger partial charge on any atom is 0.257 e. The van der Waals surface area contributed by atoms with Crippen molar-refractivity contribution in [3.05, 3.63) is 59.2 Å². The van der Waals surface area contributed by atoms with Crippen molar-refractivity contribution in [1.29, 1.82) is 0 Å². The molecule has 0 heterocycles. The maximum absolute atomic E-state index is 12.3. The molecule has 2 N–H and O–H groups in total. The van der Waals surface area contributed by atoms with Crippen LogP contribution in [-0.2, 0) is 6.54 Å². The fourth-order valence-corrected chi connectivity index (χ4v) is 2.00. The number of aromatic hydroxyl groups is 2. The number of rotatable bonds is 3. The first-order valence-corrected chi connectivity index (χ1v) is 6.31. The Kier molecular flexibility index (Phi) is 3.94. The molecule has 2 aromatic carbocycles. The largest absolute Gasteiger partial charge is 0.508 e. The summed E-state index contributed by atoms with van der Waals surface area (Å²) in [6.07, 6.45) is 0. The van der Waals surface area contributed by atoms with Crippen molar-refractivity contribution in [1.82, 2.24) is 4.90 Å². The lowest BCUT2D eigenvalue weighted by molar-refractivity contribution is 0.0781. The van der Waals surface area contributed by atoms with Crippen LogP contribution in [0.3, 0.4) is 0 Å². The van der Waals surface area contributed by atoms with Crippen molar-refractivity contribution in [3.63, 3.8) is 0 Å². The second kappa shape index (κ2) is 5.65. The molecule has 0 saturated heterocycles. The van der Waals surface area contributed by atoms with Crippen LogP contribution >= 0.6 is 0 Å². The number of benzene rings is 2. The molecule has 20 heavy (non-hydrogen) atoms. The van der Waals surface area contributed by atoms with E-state index in [-0.39, 0.29) is 29.5 Å². The number of carbonyl (C=O) groups excluding carboxylic acids is 1. The van der Waals surface area contributed by atoms with Gasteiger partial charge in [-0.3, -0.25) is 4.79 Å². The van der Waals surface area contributed by atoms with E-state index in [1.165, 1.54) is 11.0 Å². The normalized spacial score (nSPS) is 10.3. The first-order chi connectivity index (χ1) is 9.49. The van der Waals surface area contributed by atoms with Crippen LogP contribution in [0.25, 0.3) is 0 Å². The van der Waals surface area contributed by atoms with E-state index in [0.717, 1.165) is 5.56 Å². The van der Waals surface area contributed by atoms with Crippen LogP contribution < -0.4 is 0 Å². The molecule has 0 unspecified atom stereocenters. The predicted molar refractivity (Wildman–Crippen MR) is 76.7 cm³/mol. The Morgan fingerprint density at radius 3 is 2.50 bits per heavy atom. The quantitative estimate of drug-likeness (QED) is 0.902. The van der Waals surface area contributed by atoms with Gasteiger partial charge in [0.15, 0.2) is 0 Å². The molecule has 0 spiro atoms. The minimum atomic E-state index is -0.283. The molecule has 0 aromatic heterocycles. The SMILES string of the molecule is Cc1ccc(O)c(C(=O)N(C)Cc2ccccc2O)c1. The van der Waals surface area contributed by atoms with Gasteiger partial charge in [0.1, 0.15) is 11.5 Å². The summed E-state index contributed by atoms with van der Waals surface area (Å²) in [5.41, 5.74) is 1.83. The standard InChI is InChI=1S/C16H17NO3/c1-11-7-8-15(19)13(9-11)16(20)17(2)10-12-5-3-4-6-14(12)18/h3-9,18-19H,10H2,1-2H3. The highest BCUT2D eigenvalue weighted by Gasteiger charge is 2.17. The summed E-state index contributed by atoms with van der Waals surface area (Å²) in [7, 11) is 1.64. The Labute approximate surface area is 117 Å². The van der Waals surface area contributed by atoms with Crippen LogP contribution in [0.15, 0.2) is 42.5 Å². The van der Waals surface area contributed by atoms with E-state index in [4.69, 9.17) is 0 Å². The smallest absolute Gasteiger partial charge is 0.257 e. The summed E-state index contributed by atoms with van der Waals surface area (Å²) >= 11 is 0. The summed E-state index contributed by atoms with van der Waals surface area (Å²) in [5, 5.41) is 19.5. The first-order valence-electron chi connectivity index (χ1n) is 6.31. The molecule has 0 fully saturated rings. The molecule has 0 saturated carbocycles. The third-order valence-electron chi connectivity index (χ3n) is 3.13. The van der Waals surface area contributed by atoms with Gasteiger partial charge >= 0.3 is 0 Å². The summed E-state index contributed by atoms with van der Waals surface area (Å²) in [4.78, 5) is 13.8. The molecule has 2 rings (SSSR count). The summed E-state index contributed by atoms with van der Waals surface area (Å²) < 4.78 is 0. The van der Waals surface area contributed by atoms with Gasteiger partial charge in [0.25, 0.3) is 5.91 Å². The Bertz CT molecular complexity index is 637. The van der Waals surface area contributed by atoms with Crippen LogP contribution in [0.2, 0.25) is 0 Å². The monoisotopic (exact) mass is 271 g/mol. The minimum absolute atomic E-state index is 0.0373. The van der Waals surface area contributed by atoms with Crippen molar-refractivity contribution in [2.45, 2.75) is 13.5 Å². The molecule has 104 valence electrons. The highest BCUT2D eigenvalue weighted by molar-refractivity contribution is 5.96. The van der Waals surface area contributed by atoms with Gasteiger partial charge in [0, 0.05) is 19.2 Å². The van der Waals surface area contributed by atoms with Crippen LogP contribution in [0.1, 0.15) is 21.5 Å². The van der Waals surface area contributed by atoms with Crippen LogP contribution in [0, 0.1) is 6.92 Å². The van der Waals surface area contributed by atoms with E-state index in [9.17, 15) is 15.0 Å². The average Bonchev–Trinajstić information content (AvgIpc) is 2.43. The third kappa shape index (κ3) is 2.91. The van der Waals surface area contributed by atoms with Crippen molar-refractivity contribution in [3.8, 4) is 11.5 Å². The third-order valence-corrected chi connectivity index (χ3v) is 3.13. The number of phenolic OH excluding ortho intramolecular Hbond substituents is 2. The van der Waals surface area contributed by atoms with Gasteiger partial charge in [0.2, 0.25) is 0 Å². The molecule has 0 radical (unpaired) electrons. The van der Waals surface area contributed by atoms with Gasteiger partial charge in [0.05, 0.1) is 5.56 Å². The van der Waals surface area contributed by atoms with Gasteiger partial charge in [-0.1, -0.05) is 29.8 Å². The first kappa shape index (κ1) is 13.9. The van der Waals surface area contributed by atoms with Gasteiger partial charge in [-0.25, -0.2) is 0 Å². The lowest BCUT2D eigenvalue weighted by Crippen LogP contribution is -2.26. The predicted octanol–water partition coefficient (Wildman–Crippen LogP) is 2.68. The van der Waals surface area contributed by atoms with Crippen molar-refractivity contribution >= 4 is 5.91 Å². The number of para-hydroxylation sites is 1. The summed E-state index contributed by atoms with van der Waals surface area (Å²) in [5.74, 6) is -0.167. The van der Waals surface area contributed by atoms with Gasteiger partial charge < -0.3 is 15.1 Å². The van der Waals surface area contributed by atoms with E-state index in [1.54, 1.807) is 43.4 Å². The van der Waals surface area contributed by atoms with Crippen molar-refractivity contribution in [2.75, 3.05) is 7.05 Å². The fraction of sp³-hybridized carbons (Fsp3) is 0.188. The molecule has 4 heteroatoms. The van der Waals surface area contributed by atoms with Crippen LogP contribution in [-0.4, -0.2) is 28.1 Å². The van der Waals surface area contributed by atoms with Gasteiger partial charge in [-0.2, -0.15) is 0 Å². The Morgan fingerprint density at radius 1 is 1.10 bits per heavy atom. The summed E-state index contributed by atoms with van der Waals surface area (Å²) in [6.45, 7) is 2.14. The lowest BCUT2D eigenvalue weighted by atomic mass is 10.1. The average molecular weight is 271 g/mol. The fourth-order valence-electron chi connectivity index (χ4n) is 2.00. The number of nitrogens with zero attached hydrogens (tertiary/aromatic N) is 1. The molecule has 0 aliphatic carbocycles. The summed E-state index contributed by atoms with van der Waals surface area (Å²) in [6, 6.07) is 11.8. The number of phenols is 2. The van der Waals surface area contributed by atoms with Gasteiger partial charge in [-0.15, -0.1) is 0 Å². The Morgan fingerprint density at radius 2 is 1.80 bits per heavy atom. The Hall–Kier alpha value is -2.49. The Balaban J connectivity index is 2.21. The number of aryl methyl sites for hydroxylation is 1. The lowest BCUT2D eigenvalue weighted by Gasteiger charge is -2.18. The zero-order valence-corrected chi connectivity index (χ0v) is 11.5. The van der Waals surface area contributed by atoms with E-state index in [1.807, 2.05) is 6.92 Å². The minimum Gasteiger partial charge on any atom is -0.508 e. The molecule has 4 nitrogen and oxygen atoms in total. The van der Waals surface area contributed by atoms with Crippen LogP contribution in [0.5, 0.6) is 11.5 Å².